The van der Waals surface area contributed by atoms with Crippen LogP contribution in [0.1, 0.15) is 34.1 Å². The Kier molecular flexibility index (Phi) is 4.64. The van der Waals surface area contributed by atoms with E-state index in [0.717, 1.165) is 6.42 Å². The number of nitrogens with zero attached hydrogens (tertiary/aromatic N) is 1. The Bertz CT molecular complexity index is 157. The van der Waals surface area contributed by atoms with Crippen molar-refractivity contribution in [2.24, 2.45) is 11.0 Å². The van der Waals surface area contributed by atoms with Crippen molar-refractivity contribution in [1.82, 2.24) is 5.43 Å². The molecule has 0 saturated heterocycles. The standard InChI is InChI=1S/C10H20N2/c1-6-7-11-12-10(4,5)8-9(2)3/h6-7,9,12H,1,8H2,2-5H3. The fourth-order valence-electron chi connectivity index (χ4n) is 1.33. The summed E-state index contributed by atoms with van der Waals surface area (Å²) in [6.45, 7) is 12.3. The average molecular weight is 168 g/mol. The van der Waals surface area contributed by atoms with Crippen molar-refractivity contribution in [3.8, 4) is 0 Å². The largest absolute Gasteiger partial charge is 0.305 e. The first-order valence-electron chi connectivity index (χ1n) is 4.39. The highest BCUT2D eigenvalue weighted by Crippen LogP contribution is 2.14. The summed E-state index contributed by atoms with van der Waals surface area (Å²) < 4.78 is 0. The molecular formula is C10H20N2. The van der Waals surface area contributed by atoms with Crippen molar-refractivity contribution >= 4 is 6.21 Å². The van der Waals surface area contributed by atoms with E-state index >= 15 is 0 Å². The van der Waals surface area contributed by atoms with Crippen LogP contribution in [0.4, 0.5) is 0 Å². The van der Waals surface area contributed by atoms with Crippen molar-refractivity contribution in [3.05, 3.63) is 12.7 Å². The van der Waals surface area contributed by atoms with Crippen molar-refractivity contribution in [2.75, 3.05) is 0 Å². The van der Waals surface area contributed by atoms with Crippen LogP contribution in [-0.2, 0) is 0 Å². The molecule has 0 bridgehead atoms. The van der Waals surface area contributed by atoms with Gasteiger partial charge in [0.15, 0.2) is 0 Å². The maximum absolute atomic E-state index is 4.02. The lowest BCUT2D eigenvalue weighted by molar-refractivity contribution is 0.325. The normalized spacial score (nSPS) is 12.4. The van der Waals surface area contributed by atoms with Gasteiger partial charge in [0.05, 0.1) is 0 Å². The summed E-state index contributed by atoms with van der Waals surface area (Å²) in [5.74, 6) is 0.687. The summed E-state index contributed by atoms with van der Waals surface area (Å²) in [6, 6.07) is 0. The van der Waals surface area contributed by atoms with Gasteiger partial charge in [-0.2, -0.15) is 5.10 Å². The van der Waals surface area contributed by atoms with Gasteiger partial charge in [-0.25, -0.2) is 0 Å². The van der Waals surface area contributed by atoms with Gasteiger partial charge in [0.2, 0.25) is 0 Å². The van der Waals surface area contributed by atoms with Gasteiger partial charge >= 0.3 is 0 Å². The third kappa shape index (κ3) is 5.96. The molecule has 70 valence electrons. The number of hydrogen-bond donors (Lipinski definition) is 1. The second kappa shape index (κ2) is 4.96. The molecule has 0 aromatic heterocycles. The van der Waals surface area contributed by atoms with Gasteiger partial charge in [0, 0.05) is 11.8 Å². The molecule has 0 aliphatic heterocycles. The Morgan fingerprint density at radius 1 is 1.50 bits per heavy atom. The van der Waals surface area contributed by atoms with Crippen LogP contribution in [0.5, 0.6) is 0 Å². The van der Waals surface area contributed by atoms with E-state index in [1.807, 2.05) is 0 Å². The van der Waals surface area contributed by atoms with Gasteiger partial charge in [-0.05, 0) is 32.3 Å². The first-order valence-corrected chi connectivity index (χ1v) is 4.39. The summed E-state index contributed by atoms with van der Waals surface area (Å²) >= 11 is 0. The molecule has 0 radical (unpaired) electrons. The molecule has 2 heteroatoms. The minimum Gasteiger partial charge on any atom is -0.305 e. The first kappa shape index (κ1) is 11.2. The Morgan fingerprint density at radius 3 is 2.50 bits per heavy atom. The molecule has 0 rings (SSSR count). The minimum absolute atomic E-state index is 0.0771. The van der Waals surface area contributed by atoms with E-state index < -0.39 is 0 Å². The van der Waals surface area contributed by atoms with E-state index in [4.69, 9.17) is 0 Å². The molecule has 1 N–H and O–H groups in total. The van der Waals surface area contributed by atoms with E-state index in [0.29, 0.717) is 5.92 Å². The molecule has 0 aromatic rings. The highest BCUT2D eigenvalue weighted by molar-refractivity contribution is 5.69. The van der Waals surface area contributed by atoms with Crippen LogP contribution in [-0.4, -0.2) is 11.8 Å². The van der Waals surface area contributed by atoms with Gasteiger partial charge in [0.1, 0.15) is 0 Å². The van der Waals surface area contributed by atoms with Crippen LogP contribution in [0, 0.1) is 5.92 Å². The lowest BCUT2D eigenvalue weighted by atomic mass is 9.94. The van der Waals surface area contributed by atoms with E-state index in [1.54, 1.807) is 12.3 Å². The maximum Gasteiger partial charge on any atom is 0.0495 e. The van der Waals surface area contributed by atoms with Crippen LogP contribution < -0.4 is 5.43 Å². The molecule has 0 aromatic carbocycles. The van der Waals surface area contributed by atoms with Crippen LogP contribution in [0.2, 0.25) is 0 Å². The van der Waals surface area contributed by atoms with E-state index in [9.17, 15) is 0 Å². The fourth-order valence-corrected chi connectivity index (χ4v) is 1.33. The predicted molar refractivity (Wildman–Crippen MR) is 55.4 cm³/mol. The van der Waals surface area contributed by atoms with Gasteiger partial charge in [-0.3, -0.25) is 0 Å². The van der Waals surface area contributed by atoms with Crippen LogP contribution in [0.25, 0.3) is 0 Å². The summed E-state index contributed by atoms with van der Waals surface area (Å²) in [4.78, 5) is 0. The molecule has 0 aliphatic rings. The molecular weight excluding hydrogens is 148 g/mol. The molecule has 0 saturated carbocycles. The zero-order chi connectivity index (χ0) is 9.61. The van der Waals surface area contributed by atoms with Crippen LogP contribution in [0.15, 0.2) is 17.8 Å². The summed E-state index contributed by atoms with van der Waals surface area (Å²) in [5, 5.41) is 4.02. The molecule has 2 nitrogen and oxygen atoms in total. The highest BCUT2D eigenvalue weighted by atomic mass is 15.3. The van der Waals surface area contributed by atoms with Crippen molar-refractivity contribution < 1.29 is 0 Å². The van der Waals surface area contributed by atoms with E-state index in [-0.39, 0.29) is 5.54 Å². The molecule has 0 amide bonds. The second-order valence-electron chi connectivity index (χ2n) is 4.11. The molecule has 0 fully saturated rings. The summed E-state index contributed by atoms with van der Waals surface area (Å²) in [5.41, 5.74) is 3.17. The number of allylic oxidation sites excluding steroid dienone is 1. The Morgan fingerprint density at radius 2 is 2.08 bits per heavy atom. The lowest BCUT2D eigenvalue weighted by Gasteiger charge is -2.25. The molecule has 0 heterocycles. The Balaban J connectivity index is 3.86. The molecule has 0 unspecified atom stereocenters. The van der Waals surface area contributed by atoms with Crippen molar-refractivity contribution in [3.63, 3.8) is 0 Å². The molecule has 12 heavy (non-hydrogen) atoms. The van der Waals surface area contributed by atoms with Crippen LogP contribution in [0.3, 0.4) is 0 Å². The average Bonchev–Trinajstić information content (AvgIpc) is 1.84. The monoisotopic (exact) mass is 168 g/mol. The third-order valence-corrected chi connectivity index (χ3v) is 1.47. The smallest absolute Gasteiger partial charge is 0.0495 e. The SMILES string of the molecule is C=CC=NNC(C)(C)CC(C)C. The van der Waals surface area contributed by atoms with E-state index in [2.05, 4.69) is 44.8 Å². The maximum atomic E-state index is 4.02. The number of rotatable bonds is 5. The number of hydrazone groups is 1. The first-order chi connectivity index (χ1) is 5.48. The number of nitrogens with one attached hydrogen (secondary N) is 1. The van der Waals surface area contributed by atoms with E-state index in [1.165, 1.54) is 0 Å². The van der Waals surface area contributed by atoms with Crippen molar-refractivity contribution in [2.45, 2.75) is 39.7 Å². The third-order valence-electron chi connectivity index (χ3n) is 1.47. The zero-order valence-electron chi connectivity index (χ0n) is 8.59. The van der Waals surface area contributed by atoms with Gasteiger partial charge in [-0.1, -0.05) is 20.4 Å². The Labute approximate surface area is 75.7 Å². The fraction of sp³-hybridized carbons (Fsp3) is 0.700. The van der Waals surface area contributed by atoms with Crippen molar-refractivity contribution in [1.29, 1.82) is 0 Å². The second-order valence-corrected chi connectivity index (χ2v) is 4.11. The lowest BCUT2D eigenvalue weighted by Crippen LogP contribution is -2.36. The quantitative estimate of drug-likeness (QED) is 0.495. The Hall–Kier alpha value is -0.790. The van der Waals surface area contributed by atoms with Gasteiger partial charge < -0.3 is 5.43 Å². The predicted octanol–water partition coefficient (Wildman–Crippen LogP) is 2.57. The summed E-state index contributed by atoms with van der Waals surface area (Å²) in [7, 11) is 0. The summed E-state index contributed by atoms with van der Waals surface area (Å²) in [6.07, 6.45) is 4.45. The molecule has 0 spiro atoms. The molecule has 0 aliphatic carbocycles. The highest BCUT2D eigenvalue weighted by Gasteiger charge is 2.17. The van der Waals surface area contributed by atoms with Gasteiger partial charge in [-0.15, -0.1) is 0 Å². The van der Waals surface area contributed by atoms with Crippen LogP contribution >= 0.6 is 0 Å². The number of hydrogen-bond acceptors (Lipinski definition) is 2. The minimum atomic E-state index is 0.0771. The van der Waals surface area contributed by atoms with Gasteiger partial charge in [0.25, 0.3) is 0 Å². The molecule has 0 atom stereocenters. The topological polar surface area (TPSA) is 24.4 Å². The zero-order valence-corrected chi connectivity index (χ0v) is 8.59.